The van der Waals surface area contributed by atoms with E-state index < -0.39 is 21.0 Å². The number of rotatable bonds is 4. The fourth-order valence-corrected chi connectivity index (χ4v) is 23.1. The summed E-state index contributed by atoms with van der Waals surface area (Å²) in [5, 5.41) is 5.35. The molecule has 0 spiro atoms. The van der Waals surface area contributed by atoms with Crippen molar-refractivity contribution >= 4 is 52.9 Å². The zero-order valence-electron chi connectivity index (χ0n) is 36.8. The number of benzene rings is 6. The maximum Gasteiger partial charge on any atom is -0.147 e. The fraction of sp³-hybridized carbons (Fsp3) is 0.327. The molecular weight excluding hydrogens is 910 g/mol. The van der Waals surface area contributed by atoms with Gasteiger partial charge in [-0.1, -0.05) is 0 Å². The second kappa shape index (κ2) is 15.9. The van der Waals surface area contributed by atoms with Gasteiger partial charge in [0.05, 0.1) is 0 Å². The molecule has 2 aliphatic rings. The molecule has 6 aromatic carbocycles. The molecule has 0 amide bonds. The van der Waals surface area contributed by atoms with E-state index in [2.05, 4.69) is 204 Å². The summed E-state index contributed by atoms with van der Waals surface area (Å²) in [6.07, 6.45) is 9.35. The molecule has 8 rings (SSSR count). The largest absolute Gasteiger partial charge is 0.147 e. The molecule has 3 heteroatoms. The molecule has 0 nitrogen and oxygen atoms in total. The summed E-state index contributed by atoms with van der Waals surface area (Å²) in [4.78, 5) is 0. The maximum absolute atomic E-state index is 3.42. The minimum atomic E-state index is -3.42. The van der Waals surface area contributed by atoms with Crippen LogP contribution in [0.15, 0.2) is 125 Å². The Morgan fingerprint density at radius 1 is 0.517 bits per heavy atom. The van der Waals surface area contributed by atoms with Crippen LogP contribution in [0.1, 0.15) is 134 Å². The molecule has 0 aliphatic heterocycles. The number of allylic oxidation sites excluding steroid dienone is 4. The summed E-state index contributed by atoms with van der Waals surface area (Å²) in [6, 6.07) is 40.3. The maximum atomic E-state index is 2.66. The van der Waals surface area contributed by atoms with Crippen molar-refractivity contribution in [3.8, 4) is 11.1 Å². The quantitative estimate of drug-likeness (QED) is 0.154. The third kappa shape index (κ3) is 7.86. The Kier molecular flexibility index (Phi) is 12.1. The summed E-state index contributed by atoms with van der Waals surface area (Å²) < 4.78 is 5.05. The summed E-state index contributed by atoms with van der Waals surface area (Å²) in [5.41, 5.74) is 15.0. The van der Waals surface area contributed by atoms with Gasteiger partial charge < -0.3 is 0 Å². The molecule has 6 aromatic rings. The third-order valence-corrected chi connectivity index (χ3v) is 23.4. The standard InChI is InChI=1S/C29H41.C21H14.C5H5.2ClH.Hf/c1-26(2,3)22-14-18-13-19-15-23(27(4,5)6)25(29(10,11)12)17-21(19)20(18)16-24(22)28(7,8)9;1-3-13-20-16(7-1)9-5-11-18(20)15-19-12-6-10-17-8-2-4-14-21(17)19;1-2-4-5-3-1;;;/h14,16-17H,13H2,1-12H3;1-14H;1-3H,4H2;2*1H;. The topological polar surface area (TPSA) is 0 Å². The molecule has 0 unspecified atom stereocenters. The molecule has 0 atom stereocenters. The Bertz CT molecular complexity index is 2570. The van der Waals surface area contributed by atoms with Crippen molar-refractivity contribution in [3.05, 3.63) is 169 Å². The first kappa shape index (κ1) is 44.2. The Morgan fingerprint density at radius 2 is 1.00 bits per heavy atom. The molecule has 300 valence electrons. The molecule has 0 radical (unpaired) electrons. The van der Waals surface area contributed by atoms with Crippen LogP contribution in [0.4, 0.5) is 0 Å². The van der Waals surface area contributed by atoms with E-state index in [9.17, 15) is 0 Å². The summed E-state index contributed by atoms with van der Waals surface area (Å²) in [5.74, 6) is 0. The SMILES string of the molecule is CC(C)(C)c1cc2c(cc1C(C)(C)C)-c1cc(C(C)(C)C)c(C(C)(C)C)[c]([Hf]([C]3=CC=CC3)=[C](c3cccc4ccccc34)c3cccc4ccccc34)c1C2.Cl.Cl. The van der Waals surface area contributed by atoms with Gasteiger partial charge in [0.15, 0.2) is 0 Å². The normalized spacial score (nSPS) is 13.8. The molecule has 0 N–H and O–H groups in total. The van der Waals surface area contributed by atoms with Crippen LogP contribution in [0, 0.1) is 0 Å². The Labute approximate surface area is 369 Å². The first-order chi connectivity index (χ1) is 26.3. The van der Waals surface area contributed by atoms with Crippen LogP contribution in [-0.2, 0) is 49.0 Å². The monoisotopic (exact) mass is 972 g/mol. The van der Waals surface area contributed by atoms with E-state index in [4.69, 9.17) is 0 Å². The second-order valence-electron chi connectivity index (χ2n) is 20.6. The average molecular weight is 972 g/mol. The summed E-state index contributed by atoms with van der Waals surface area (Å²) in [6.45, 7) is 29.2. The predicted octanol–water partition coefficient (Wildman–Crippen LogP) is 15.0. The van der Waals surface area contributed by atoms with E-state index in [1.54, 1.807) is 21.0 Å². The first-order valence-corrected chi connectivity index (χ1v) is 26.2. The number of hydrogen-bond acceptors (Lipinski definition) is 0. The van der Waals surface area contributed by atoms with Crippen molar-refractivity contribution in [1.82, 2.24) is 0 Å². The molecular formula is C55H62Cl2Hf. The minimum Gasteiger partial charge on any atom is -0.147 e. The minimum absolute atomic E-state index is 0. The van der Waals surface area contributed by atoms with E-state index >= 15 is 0 Å². The molecule has 0 saturated heterocycles. The average Bonchev–Trinajstić information content (AvgIpc) is 3.79. The van der Waals surface area contributed by atoms with Gasteiger partial charge in [-0.15, -0.1) is 24.8 Å². The molecule has 0 saturated carbocycles. The van der Waals surface area contributed by atoms with E-state index in [0.717, 1.165) is 12.8 Å². The molecule has 58 heavy (non-hydrogen) atoms. The third-order valence-electron chi connectivity index (χ3n) is 12.2. The summed E-state index contributed by atoms with van der Waals surface area (Å²) >= 11 is -3.42. The van der Waals surface area contributed by atoms with Crippen molar-refractivity contribution in [2.45, 2.75) is 118 Å². The van der Waals surface area contributed by atoms with Crippen LogP contribution < -0.4 is 3.32 Å². The van der Waals surface area contributed by atoms with Gasteiger partial charge in [0.1, 0.15) is 0 Å². The van der Waals surface area contributed by atoms with E-state index in [-0.39, 0.29) is 46.5 Å². The van der Waals surface area contributed by atoms with E-state index in [1.165, 1.54) is 66.1 Å². The molecule has 0 bridgehead atoms. The van der Waals surface area contributed by atoms with Gasteiger partial charge in [-0.3, -0.25) is 0 Å². The van der Waals surface area contributed by atoms with Crippen LogP contribution >= 0.6 is 24.8 Å². The van der Waals surface area contributed by atoms with Gasteiger partial charge in [0.25, 0.3) is 0 Å². The smallest absolute Gasteiger partial charge is 0.147 e. The fourth-order valence-electron chi connectivity index (χ4n) is 9.65. The van der Waals surface area contributed by atoms with E-state index in [1.807, 2.05) is 0 Å². The van der Waals surface area contributed by atoms with E-state index in [0.29, 0.717) is 0 Å². The predicted molar refractivity (Wildman–Crippen MR) is 257 cm³/mol. The van der Waals surface area contributed by atoms with Crippen molar-refractivity contribution < 1.29 is 21.0 Å². The van der Waals surface area contributed by atoms with Gasteiger partial charge in [0, 0.05) is 0 Å². The first-order valence-electron chi connectivity index (χ1n) is 20.8. The van der Waals surface area contributed by atoms with Crippen LogP contribution in [0.5, 0.6) is 0 Å². The number of halogens is 2. The zero-order chi connectivity index (χ0) is 39.9. The summed E-state index contributed by atoms with van der Waals surface area (Å²) in [7, 11) is 0. The zero-order valence-corrected chi connectivity index (χ0v) is 42.0. The Morgan fingerprint density at radius 3 is 1.48 bits per heavy atom. The van der Waals surface area contributed by atoms with Gasteiger partial charge in [-0.05, 0) is 0 Å². The van der Waals surface area contributed by atoms with Gasteiger partial charge in [-0.25, -0.2) is 0 Å². The van der Waals surface area contributed by atoms with Crippen LogP contribution in [0.25, 0.3) is 32.7 Å². The van der Waals surface area contributed by atoms with Crippen molar-refractivity contribution in [2.75, 3.05) is 0 Å². The second-order valence-corrected chi connectivity index (χ2v) is 29.2. The van der Waals surface area contributed by atoms with Gasteiger partial charge in [0.2, 0.25) is 0 Å². The van der Waals surface area contributed by atoms with Gasteiger partial charge in [-0.2, -0.15) is 0 Å². The Hall–Kier alpha value is -3.36. The van der Waals surface area contributed by atoms with Crippen LogP contribution in [0.3, 0.4) is 0 Å². The van der Waals surface area contributed by atoms with Crippen molar-refractivity contribution in [1.29, 1.82) is 0 Å². The van der Waals surface area contributed by atoms with Crippen LogP contribution in [0.2, 0.25) is 0 Å². The van der Waals surface area contributed by atoms with Crippen molar-refractivity contribution in [2.24, 2.45) is 0 Å². The Balaban J connectivity index is 0.00000283. The van der Waals surface area contributed by atoms with Gasteiger partial charge >= 0.3 is 347 Å². The molecule has 0 fully saturated rings. The molecule has 0 aromatic heterocycles. The van der Waals surface area contributed by atoms with Crippen LogP contribution in [-0.4, -0.2) is 3.26 Å². The molecule has 0 heterocycles. The molecule has 2 aliphatic carbocycles. The number of fused-ring (bicyclic) bond motifs is 5. The van der Waals surface area contributed by atoms with Crippen molar-refractivity contribution in [3.63, 3.8) is 0 Å². The number of hydrogen-bond donors (Lipinski definition) is 0.